The Labute approximate surface area is 216 Å². The van der Waals surface area contributed by atoms with Crippen LogP contribution in [0.2, 0.25) is 0 Å². The van der Waals surface area contributed by atoms with E-state index in [1.807, 2.05) is 4.90 Å². The SMILES string of the molecule is CN(C)[C@@H]1C(=O)C(C(N)=O)C(=O)[C@@]2(O)C(=O)C3C(=O)c4c(O)c(F)c(CN5CCCC5)c(F)c4C[C@H]3C[C@@H]12. The van der Waals surface area contributed by atoms with Gasteiger partial charge in [0.15, 0.2) is 46.2 Å². The summed E-state index contributed by atoms with van der Waals surface area (Å²) in [5.41, 5.74) is 1.10. The lowest BCUT2D eigenvalue weighted by molar-refractivity contribution is -0.181. The molecule has 3 fully saturated rings. The molecule has 38 heavy (non-hydrogen) atoms. The van der Waals surface area contributed by atoms with Crippen LogP contribution >= 0.6 is 0 Å². The van der Waals surface area contributed by atoms with Gasteiger partial charge >= 0.3 is 0 Å². The predicted octanol–water partition coefficient (Wildman–Crippen LogP) is -0.259. The molecule has 0 radical (unpaired) electrons. The number of rotatable bonds is 4. The molecule has 1 heterocycles. The van der Waals surface area contributed by atoms with Crippen LogP contribution in [-0.2, 0) is 32.1 Å². The van der Waals surface area contributed by atoms with Gasteiger partial charge in [-0.2, -0.15) is 0 Å². The van der Waals surface area contributed by atoms with Crippen LogP contribution in [0, 0.1) is 35.3 Å². The summed E-state index contributed by atoms with van der Waals surface area (Å²) < 4.78 is 30.9. The molecule has 0 aromatic heterocycles. The van der Waals surface area contributed by atoms with Gasteiger partial charge in [-0.15, -0.1) is 0 Å². The number of fused-ring (bicyclic) bond motifs is 3. The molecule has 4 aliphatic rings. The van der Waals surface area contributed by atoms with Crippen LogP contribution in [0.5, 0.6) is 5.75 Å². The largest absolute Gasteiger partial charge is 0.504 e. The molecule has 2 unspecified atom stereocenters. The fourth-order valence-corrected chi connectivity index (χ4v) is 7.03. The zero-order chi connectivity index (χ0) is 27.8. The molecule has 6 atom stereocenters. The number of nitrogens with two attached hydrogens (primary N) is 1. The van der Waals surface area contributed by atoms with Crippen LogP contribution < -0.4 is 5.73 Å². The van der Waals surface area contributed by atoms with Crippen molar-refractivity contribution < 1.29 is 43.0 Å². The molecule has 12 heteroatoms. The van der Waals surface area contributed by atoms with E-state index in [4.69, 9.17) is 5.73 Å². The van der Waals surface area contributed by atoms with E-state index in [0.717, 1.165) is 12.8 Å². The van der Waals surface area contributed by atoms with Crippen molar-refractivity contribution in [3.05, 3.63) is 28.3 Å². The summed E-state index contributed by atoms with van der Waals surface area (Å²) in [6, 6.07) is -1.26. The second-order valence-corrected chi connectivity index (χ2v) is 11.1. The highest BCUT2D eigenvalue weighted by Crippen LogP contribution is 2.51. The Morgan fingerprint density at radius 3 is 2.32 bits per heavy atom. The average molecular weight is 534 g/mol. The first-order valence-corrected chi connectivity index (χ1v) is 12.6. The molecular weight excluding hydrogens is 504 g/mol. The third kappa shape index (κ3) is 3.50. The highest BCUT2D eigenvalue weighted by molar-refractivity contribution is 6.32. The summed E-state index contributed by atoms with van der Waals surface area (Å²) in [7, 11) is 2.94. The third-order valence-corrected chi connectivity index (χ3v) is 8.78. The van der Waals surface area contributed by atoms with Gasteiger partial charge < -0.3 is 15.9 Å². The number of carbonyl (C=O) groups is 5. The first-order valence-electron chi connectivity index (χ1n) is 12.6. The molecule has 5 rings (SSSR count). The minimum atomic E-state index is -2.89. The quantitative estimate of drug-likeness (QED) is 0.444. The number of carbonyl (C=O) groups excluding carboxylic acids is 5. The van der Waals surface area contributed by atoms with Crippen LogP contribution in [0.3, 0.4) is 0 Å². The smallest absolute Gasteiger partial charge is 0.235 e. The van der Waals surface area contributed by atoms with Crippen molar-refractivity contribution in [2.45, 2.75) is 43.9 Å². The van der Waals surface area contributed by atoms with E-state index >= 15 is 8.78 Å². The number of likely N-dealkylation sites (tertiary alicyclic amines) is 1. The Kier molecular flexibility index (Phi) is 6.27. The lowest BCUT2D eigenvalue weighted by Crippen LogP contribution is -2.74. The lowest BCUT2D eigenvalue weighted by atomic mass is 9.52. The van der Waals surface area contributed by atoms with E-state index in [0.29, 0.717) is 13.1 Å². The van der Waals surface area contributed by atoms with E-state index in [1.54, 1.807) is 0 Å². The van der Waals surface area contributed by atoms with Gasteiger partial charge in [-0.1, -0.05) is 0 Å². The van der Waals surface area contributed by atoms with E-state index in [-0.39, 0.29) is 30.5 Å². The van der Waals surface area contributed by atoms with Crippen molar-refractivity contribution in [1.29, 1.82) is 0 Å². The van der Waals surface area contributed by atoms with Crippen molar-refractivity contribution in [3.8, 4) is 5.75 Å². The van der Waals surface area contributed by atoms with E-state index in [1.165, 1.54) is 19.0 Å². The van der Waals surface area contributed by atoms with Crippen LogP contribution in [-0.4, -0.2) is 87.9 Å². The maximum Gasteiger partial charge on any atom is 0.235 e. The van der Waals surface area contributed by atoms with Crippen LogP contribution in [0.15, 0.2) is 0 Å². The normalized spacial score (nSPS) is 33.4. The number of hydrogen-bond acceptors (Lipinski definition) is 9. The van der Waals surface area contributed by atoms with Crippen molar-refractivity contribution in [1.82, 2.24) is 9.80 Å². The molecule has 1 aromatic rings. The van der Waals surface area contributed by atoms with Crippen molar-refractivity contribution in [2.75, 3.05) is 27.2 Å². The van der Waals surface area contributed by atoms with E-state index in [2.05, 4.69) is 0 Å². The summed E-state index contributed by atoms with van der Waals surface area (Å²) in [6.07, 6.45) is 1.28. The van der Waals surface area contributed by atoms with Crippen LogP contribution in [0.25, 0.3) is 0 Å². The van der Waals surface area contributed by atoms with Gasteiger partial charge in [-0.05, 0) is 58.8 Å². The first kappa shape index (κ1) is 26.5. The number of Topliss-reactive ketones (excluding diaryl/α,β-unsaturated/α-hetero) is 4. The molecular formula is C26H29F2N3O7. The molecule has 2 saturated carbocycles. The zero-order valence-corrected chi connectivity index (χ0v) is 21.0. The molecule has 1 aromatic carbocycles. The standard InChI is InChI=1S/C26H29F2N3O7/c1-30(2)19-13-8-10-7-11-15(21(33)18(28)12(17(11)27)9-31-5-3-4-6-31)20(32)14(10)23(35)26(13,38)24(36)16(22(19)34)25(29)37/h10,13-14,16,19,33,38H,3-9H2,1-2H3,(H2,29,37)/t10-,13-,14?,16?,19-,26-/m0/s1. The molecule has 0 bridgehead atoms. The van der Waals surface area contributed by atoms with Gasteiger partial charge in [-0.25, -0.2) is 8.78 Å². The number of halogens is 2. The summed E-state index contributed by atoms with van der Waals surface area (Å²) in [6.45, 7) is 1.17. The van der Waals surface area contributed by atoms with Gasteiger partial charge in [-0.3, -0.25) is 33.8 Å². The number of ketones is 4. The maximum absolute atomic E-state index is 15.7. The van der Waals surface area contributed by atoms with E-state index < -0.39 is 87.3 Å². The fourth-order valence-electron chi connectivity index (χ4n) is 7.03. The van der Waals surface area contributed by atoms with Gasteiger partial charge in [0, 0.05) is 23.6 Å². The number of benzene rings is 1. The summed E-state index contributed by atoms with van der Waals surface area (Å²) in [4.78, 5) is 68.8. The number of phenolic OH excluding ortho intramolecular Hbond substituents is 1. The Balaban J connectivity index is 1.61. The Morgan fingerprint density at radius 1 is 1.11 bits per heavy atom. The van der Waals surface area contributed by atoms with E-state index in [9.17, 15) is 34.2 Å². The van der Waals surface area contributed by atoms with Crippen molar-refractivity contribution in [2.24, 2.45) is 29.4 Å². The third-order valence-electron chi connectivity index (χ3n) is 8.78. The highest BCUT2D eigenvalue weighted by atomic mass is 19.1. The fraction of sp³-hybridized carbons (Fsp3) is 0.577. The molecule has 4 N–H and O–H groups in total. The number of hydrogen-bond donors (Lipinski definition) is 3. The summed E-state index contributed by atoms with van der Waals surface area (Å²) in [5.74, 6) is -15.4. The van der Waals surface area contributed by atoms with Crippen LogP contribution in [0.4, 0.5) is 8.78 Å². The molecule has 10 nitrogen and oxygen atoms in total. The van der Waals surface area contributed by atoms with Gasteiger partial charge in [0.25, 0.3) is 0 Å². The zero-order valence-electron chi connectivity index (χ0n) is 21.0. The average Bonchev–Trinajstić information content (AvgIpc) is 3.35. The second-order valence-electron chi connectivity index (χ2n) is 11.1. The minimum Gasteiger partial charge on any atom is -0.504 e. The predicted molar refractivity (Wildman–Crippen MR) is 126 cm³/mol. The monoisotopic (exact) mass is 533 g/mol. The topological polar surface area (TPSA) is 158 Å². The second kappa shape index (κ2) is 8.99. The van der Waals surface area contributed by atoms with Gasteiger partial charge in [0.2, 0.25) is 5.91 Å². The number of aromatic hydroxyl groups is 1. The Morgan fingerprint density at radius 2 is 1.74 bits per heavy atom. The molecule has 1 aliphatic heterocycles. The maximum atomic E-state index is 15.7. The lowest BCUT2D eigenvalue weighted by Gasteiger charge is -2.52. The Hall–Kier alpha value is -3.09. The number of phenols is 1. The Bertz CT molecular complexity index is 1290. The molecule has 1 saturated heterocycles. The van der Waals surface area contributed by atoms with Gasteiger partial charge in [0.05, 0.1) is 17.5 Å². The molecule has 3 aliphatic carbocycles. The molecule has 1 amide bonds. The number of aliphatic hydroxyl groups is 1. The summed E-state index contributed by atoms with van der Waals surface area (Å²) in [5, 5.41) is 22.2. The number of primary amides is 1. The molecule has 0 spiro atoms. The summed E-state index contributed by atoms with van der Waals surface area (Å²) >= 11 is 0. The number of nitrogens with zero attached hydrogens (tertiary/aromatic N) is 2. The number of likely N-dealkylation sites (N-methyl/N-ethyl adjacent to an activating group) is 1. The van der Waals surface area contributed by atoms with Crippen LogP contribution in [0.1, 0.15) is 40.7 Å². The highest BCUT2D eigenvalue weighted by Gasteiger charge is 2.69. The van der Waals surface area contributed by atoms with Gasteiger partial charge in [0.1, 0.15) is 5.82 Å². The van der Waals surface area contributed by atoms with Crippen molar-refractivity contribution >= 4 is 29.0 Å². The first-order chi connectivity index (χ1) is 17.8. The van der Waals surface area contributed by atoms with Crippen molar-refractivity contribution in [3.63, 3.8) is 0 Å². The minimum absolute atomic E-state index is 0.0949. The number of amides is 1. The molecule has 204 valence electrons.